The third-order valence-electron chi connectivity index (χ3n) is 2.68. The molecule has 0 bridgehead atoms. The van der Waals surface area contributed by atoms with Crippen molar-refractivity contribution in [2.45, 2.75) is 0 Å². The third kappa shape index (κ3) is 4.25. The van der Waals surface area contributed by atoms with Crippen molar-refractivity contribution in [2.75, 3.05) is 7.11 Å². The van der Waals surface area contributed by atoms with Crippen molar-refractivity contribution in [3.05, 3.63) is 61.1 Å². The maximum absolute atomic E-state index is 11.2. The Morgan fingerprint density at radius 1 is 1.09 bits per heavy atom. The minimum Gasteiger partial charge on any atom is -0.449 e. The number of hydrogen-bond donors (Lipinski definition) is 0. The summed E-state index contributed by atoms with van der Waals surface area (Å²) in [4.78, 5) is 15.2. The van der Waals surface area contributed by atoms with Crippen LogP contribution < -0.4 is 4.74 Å². The molecule has 0 N–H and O–H groups in total. The molecule has 0 saturated carbocycles. The van der Waals surface area contributed by atoms with E-state index >= 15 is 0 Å². The number of oxime groups is 1. The zero-order chi connectivity index (χ0) is 17.0. The summed E-state index contributed by atoms with van der Waals surface area (Å²) in [6.07, 6.45) is 1.34. The maximum Gasteiger partial charge on any atom is 0.312 e. The number of rotatable bonds is 5. The molecule has 0 radical (unpaired) electrons. The summed E-state index contributed by atoms with van der Waals surface area (Å²) in [6.45, 7) is 0. The molecule has 0 fully saturated rings. The minimum atomic E-state index is -0.578. The molecule has 0 aliphatic rings. The van der Waals surface area contributed by atoms with Gasteiger partial charge in [-0.05, 0) is 18.2 Å². The zero-order valence-corrected chi connectivity index (χ0v) is 13.9. The van der Waals surface area contributed by atoms with Crippen LogP contribution in [0.25, 0.3) is 0 Å². The van der Waals surface area contributed by atoms with Crippen LogP contribution in [0.5, 0.6) is 11.5 Å². The predicted molar refractivity (Wildman–Crippen MR) is 89.2 cm³/mol. The highest BCUT2D eigenvalue weighted by molar-refractivity contribution is 6.43. The number of nitro benzene ring substituents is 1. The second-order valence-corrected chi connectivity index (χ2v) is 5.42. The van der Waals surface area contributed by atoms with Crippen molar-refractivity contribution in [1.29, 1.82) is 0 Å². The predicted octanol–water partition coefficient (Wildman–Crippen LogP) is 5.33. The number of ether oxygens (including phenoxy) is 1. The first kappa shape index (κ1) is 17.3. The molecule has 0 spiro atoms. The molecule has 0 saturated heterocycles. The first-order valence-corrected chi connectivity index (χ1v) is 7.23. The molecule has 0 atom stereocenters. The van der Waals surface area contributed by atoms with Gasteiger partial charge in [0.1, 0.15) is 12.9 Å². The molecule has 2 aromatic carbocycles. The topological polar surface area (TPSA) is 74.0 Å². The van der Waals surface area contributed by atoms with Gasteiger partial charge in [-0.2, -0.15) is 0 Å². The van der Waals surface area contributed by atoms with Crippen molar-refractivity contribution in [3.63, 3.8) is 0 Å². The zero-order valence-electron chi connectivity index (χ0n) is 11.6. The summed E-state index contributed by atoms with van der Waals surface area (Å²) in [5.41, 5.74) is 0.221. The Morgan fingerprint density at radius 3 is 2.43 bits per heavy atom. The number of benzene rings is 2. The molecule has 0 heterocycles. The summed E-state index contributed by atoms with van der Waals surface area (Å²) in [5, 5.41) is 15.4. The van der Waals surface area contributed by atoms with E-state index in [4.69, 9.17) is 39.5 Å². The van der Waals surface area contributed by atoms with E-state index in [1.54, 1.807) is 6.07 Å². The molecule has 23 heavy (non-hydrogen) atoms. The van der Waals surface area contributed by atoms with E-state index in [0.29, 0.717) is 5.56 Å². The Hall–Kier alpha value is -2.02. The molecule has 0 aliphatic carbocycles. The molecular formula is C14H9Cl3N2O4. The van der Waals surface area contributed by atoms with Gasteiger partial charge in [0.25, 0.3) is 0 Å². The lowest BCUT2D eigenvalue weighted by Crippen LogP contribution is -1.96. The molecule has 2 rings (SSSR count). The second-order valence-electron chi connectivity index (χ2n) is 4.20. The van der Waals surface area contributed by atoms with E-state index in [2.05, 4.69) is 9.99 Å². The lowest BCUT2D eigenvalue weighted by Gasteiger charge is -2.09. The summed E-state index contributed by atoms with van der Waals surface area (Å²) in [5.74, 6) is 0.160. The minimum absolute atomic E-state index is 0.00450. The highest BCUT2D eigenvalue weighted by atomic mass is 35.5. The normalized spacial score (nSPS) is 10.8. The number of nitro groups is 1. The van der Waals surface area contributed by atoms with Crippen LogP contribution in [0.2, 0.25) is 15.1 Å². The van der Waals surface area contributed by atoms with Gasteiger partial charge in [0, 0.05) is 17.7 Å². The van der Waals surface area contributed by atoms with Crippen LogP contribution in [-0.4, -0.2) is 18.2 Å². The molecule has 9 heteroatoms. The lowest BCUT2D eigenvalue weighted by atomic mass is 10.2. The first-order chi connectivity index (χ1) is 10.9. The Labute approximate surface area is 146 Å². The van der Waals surface area contributed by atoms with Crippen LogP contribution in [0.4, 0.5) is 5.69 Å². The van der Waals surface area contributed by atoms with Gasteiger partial charge in [0.15, 0.2) is 0 Å². The highest BCUT2D eigenvalue weighted by Gasteiger charge is 2.18. The van der Waals surface area contributed by atoms with Crippen LogP contribution in [0.15, 0.2) is 35.5 Å². The molecule has 2 aromatic rings. The highest BCUT2D eigenvalue weighted by Crippen LogP contribution is 2.39. The summed E-state index contributed by atoms with van der Waals surface area (Å²) >= 11 is 17.7. The summed E-state index contributed by atoms with van der Waals surface area (Å²) in [6, 6.07) is 7.08. The van der Waals surface area contributed by atoms with Crippen molar-refractivity contribution in [3.8, 4) is 11.5 Å². The van der Waals surface area contributed by atoms with Crippen LogP contribution >= 0.6 is 34.8 Å². The standard InChI is InChI=1S/C14H9Cl3N2O4/c1-22-18-7-8-2-3-13(12(4-8)19(20)21)23-14-6-10(16)9(15)5-11(14)17/h2-7H,1H3/b18-7-. The quantitative estimate of drug-likeness (QED) is 0.306. The Kier molecular flexibility index (Phi) is 5.65. The van der Waals surface area contributed by atoms with Crippen molar-refractivity contribution in [1.82, 2.24) is 0 Å². The van der Waals surface area contributed by atoms with Gasteiger partial charge < -0.3 is 9.57 Å². The molecule has 0 amide bonds. The van der Waals surface area contributed by atoms with Gasteiger partial charge in [-0.1, -0.05) is 40.0 Å². The van der Waals surface area contributed by atoms with Crippen molar-refractivity contribution < 1.29 is 14.5 Å². The lowest BCUT2D eigenvalue weighted by molar-refractivity contribution is -0.385. The monoisotopic (exact) mass is 374 g/mol. The molecule has 120 valence electrons. The fraction of sp³-hybridized carbons (Fsp3) is 0.0714. The van der Waals surface area contributed by atoms with E-state index in [1.807, 2.05) is 0 Å². The van der Waals surface area contributed by atoms with Gasteiger partial charge in [0.2, 0.25) is 5.75 Å². The number of hydrogen-bond acceptors (Lipinski definition) is 5. The molecule has 0 aromatic heterocycles. The van der Waals surface area contributed by atoms with Crippen LogP contribution in [0.1, 0.15) is 5.56 Å². The smallest absolute Gasteiger partial charge is 0.312 e. The maximum atomic E-state index is 11.2. The Bertz CT molecular complexity index is 781. The third-order valence-corrected chi connectivity index (χ3v) is 3.70. The van der Waals surface area contributed by atoms with Crippen LogP contribution in [-0.2, 0) is 4.84 Å². The van der Waals surface area contributed by atoms with Crippen molar-refractivity contribution in [2.24, 2.45) is 5.16 Å². The largest absolute Gasteiger partial charge is 0.449 e. The van der Waals surface area contributed by atoms with Gasteiger partial charge >= 0.3 is 5.69 Å². The average molecular weight is 376 g/mol. The fourth-order valence-corrected chi connectivity index (χ4v) is 2.23. The van der Waals surface area contributed by atoms with Gasteiger partial charge in [-0.15, -0.1) is 0 Å². The van der Waals surface area contributed by atoms with Gasteiger partial charge in [-0.25, -0.2) is 0 Å². The van der Waals surface area contributed by atoms with Gasteiger partial charge in [-0.3, -0.25) is 10.1 Å². The molecule has 0 unspecified atom stereocenters. The SMILES string of the molecule is CO/N=C\c1ccc(Oc2cc(Cl)c(Cl)cc2Cl)c([N+](=O)[O-])c1. The van der Waals surface area contributed by atoms with Crippen LogP contribution in [0, 0.1) is 10.1 Å². The van der Waals surface area contributed by atoms with E-state index in [-0.39, 0.29) is 32.3 Å². The Balaban J connectivity index is 2.41. The van der Waals surface area contributed by atoms with Crippen molar-refractivity contribution >= 4 is 46.7 Å². The van der Waals surface area contributed by atoms with Gasteiger partial charge in [0.05, 0.1) is 26.2 Å². The first-order valence-electron chi connectivity index (χ1n) is 6.09. The van der Waals surface area contributed by atoms with E-state index in [1.165, 1.54) is 37.6 Å². The number of halogens is 3. The number of nitrogens with zero attached hydrogens (tertiary/aromatic N) is 2. The van der Waals surface area contributed by atoms with E-state index < -0.39 is 4.92 Å². The van der Waals surface area contributed by atoms with E-state index in [9.17, 15) is 10.1 Å². The summed E-state index contributed by atoms with van der Waals surface area (Å²) < 4.78 is 5.50. The molecule has 0 aliphatic heterocycles. The average Bonchev–Trinajstić information content (AvgIpc) is 2.51. The van der Waals surface area contributed by atoms with E-state index in [0.717, 1.165) is 0 Å². The molecular weight excluding hydrogens is 367 g/mol. The Morgan fingerprint density at radius 2 is 1.78 bits per heavy atom. The molecule has 6 nitrogen and oxygen atoms in total. The summed E-state index contributed by atoms with van der Waals surface area (Å²) in [7, 11) is 1.37. The van der Waals surface area contributed by atoms with Crippen LogP contribution in [0.3, 0.4) is 0 Å². The fourth-order valence-electron chi connectivity index (χ4n) is 1.66. The second kappa shape index (κ2) is 7.50.